The summed E-state index contributed by atoms with van der Waals surface area (Å²) in [6, 6.07) is 0. The highest BCUT2D eigenvalue weighted by molar-refractivity contribution is 4.82. The van der Waals surface area contributed by atoms with E-state index in [9.17, 15) is 5.11 Å². The Kier molecular flexibility index (Phi) is 4.66. The lowest BCUT2D eigenvalue weighted by Crippen LogP contribution is -2.29. The maximum absolute atomic E-state index is 9.21. The maximum atomic E-state index is 9.21. The van der Waals surface area contributed by atoms with Crippen LogP contribution in [0.5, 0.6) is 0 Å². The van der Waals surface area contributed by atoms with Crippen LogP contribution in [0.2, 0.25) is 0 Å². The molecule has 0 spiro atoms. The molecule has 0 radical (unpaired) electrons. The summed E-state index contributed by atoms with van der Waals surface area (Å²) in [7, 11) is 0. The van der Waals surface area contributed by atoms with E-state index in [-0.39, 0.29) is 6.10 Å². The van der Waals surface area contributed by atoms with Gasteiger partial charge in [0.15, 0.2) is 0 Å². The van der Waals surface area contributed by atoms with Crippen molar-refractivity contribution >= 4 is 0 Å². The monoisotopic (exact) mass is 225 g/mol. The molecule has 1 N–H and O–H groups in total. The van der Waals surface area contributed by atoms with Gasteiger partial charge in [0, 0.05) is 13.1 Å². The molecule has 2 fully saturated rings. The van der Waals surface area contributed by atoms with Crippen LogP contribution in [0, 0.1) is 11.8 Å². The van der Waals surface area contributed by atoms with Gasteiger partial charge in [-0.1, -0.05) is 0 Å². The van der Waals surface area contributed by atoms with E-state index >= 15 is 0 Å². The Morgan fingerprint density at radius 1 is 1.06 bits per heavy atom. The molecule has 0 bridgehead atoms. The number of nitrogens with zero attached hydrogens (tertiary/aromatic N) is 1. The summed E-state index contributed by atoms with van der Waals surface area (Å²) in [6.07, 6.45) is 9.18. The van der Waals surface area contributed by atoms with E-state index in [1.807, 2.05) is 6.92 Å². The third kappa shape index (κ3) is 5.31. The number of unbranched alkanes of at least 4 members (excludes halogenated alkanes) is 1. The standard InChI is InChI=1S/C14H27NO/c1-12(16)4-2-3-9-15(10-13-5-6-13)11-14-7-8-14/h12-14,16H,2-11H2,1H3. The summed E-state index contributed by atoms with van der Waals surface area (Å²) in [6.45, 7) is 5.86. The largest absolute Gasteiger partial charge is 0.393 e. The normalized spacial score (nSPS) is 22.7. The van der Waals surface area contributed by atoms with Crippen LogP contribution in [0.1, 0.15) is 51.9 Å². The van der Waals surface area contributed by atoms with E-state index in [0.717, 1.165) is 18.3 Å². The topological polar surface area (TPSA) is 23.5 Å². The molecule has 94 valence electrons. The van der Waals surface area contributed by atoms with Crippen molar-refractivity contribution in [3.63, 3.8) is 0 Å². The Hall–Kier alpha value is -0.0800. The van der Waals surface area contributed by atoms with Crippen molar-refractivity contribution in [2.45, 2.75) is 58.0 Å². The van der Waals surface area contributed by atoms with Gasteiger partial charge in [0.05, 0.1) is 6.10 Å². The second kappa shape index (κ2) is 6.02. The van der Waals surface area contributed by atoms with Crippen molar-refractivity contribution in [1.82, 2.24) is 4.90 Å². The number of aliphatic hydroxyl groups is 1. The van der Waals surface area contributed by atoms with Gasteiger partial charge in [0.2, 0.25) is 0 Å². The highest BCUT2D eigenvalue weighted by Gasteiger charge is 2.28. The molecule has 2 saturated carbocycles. The first-order valence-electron chi connectivity index (χ1n) is 7.14. The molecule has 0 heterocycles. The van der Waals surface area contributed by atoms with Crippen LogP contribution in [0.4, 0.5) is 0 Å². The number of hydrogen-bond acceptors (Lipinski definition) is 2. The van der Waals surface area contributed by atoms with Crippen LogP contribution < -0.4 is 0 Å². The van der Waals surface area contributed by atoms with E-state index in [0.29, 0.717) is 0 Å². The Morgan fingerprint density at radius 3 is 2.06 bits per heavy atom. The second-order valence-corrected chi connectivity index (χ2v) is 5.99. The Labute approximate surface area is 100 Å². The molecule has 0 aromatic heterocycles. The summed E-state index contributed by atoms with van der Waals surface area (Å²) in [5.41, 5.74) is 0. The molecule has 0 aromatic rings. The molecule has 0 amide bonds. The highest BCUT2D eigenvalue weighted by Crippen LogP contribution is 2.33. The quantitative estimate of drug-likeness (QED) is 0.610. The van der Waals surface area contributed by atoms with E-state index in [1.54, 1.807) is 0 Å². The van der Waals surface area contributed by atoms with Crippen molar-refractivity contribution in [3.8, 4) is 0 Å². The Morgan fingerprint density at radius 2 is 1.62 bits per heavy atom. The van der Waals surface area contributed by atoms with Gasteiger partial charge in [-0.2, -0.15) is 0 Å². The lowest BCUT2D eigenvalue weighted by atomic mass is 10.1. The fraction of sp³-hybridized carbons (Fsp3) is 1.00. The van der Waals surface area contributed by atoms with E-state index < -0.39 is 0 Å². The van der Waals surface area contributed by atoms with Crippen molar-refractivity contribution in [3.05, 3.63) is 0 Å². The first kappa shape index (κ1) is 12.4. The highest BCUT2D eigenvalue weighted by atomic mass is 16.3. The van der Waals surface area contributed by atoms with Gasteiger partial charge >= 0.3 is 0 Å². The predicted octanol–water partition coefficient (Wildman–Crippen LogP) is 2.66. The average Bonchev–Trinajstić information content (AvgIpc) is 3.06. The first-order valence-corrected chi connectivity index (χ1v) is 7.14. The van der Waals surface area contributed by atoms with Crippen molar-refractivity contribution in [2.75, 3.05) is 19.6 Å². The molecular weight excluding hydrogens is 198 g/mol. The van der Waals surface area contributed by atoms with Crippen LogP contribution in [-0.4, -0.2) is 35.7 Å². The van der Waals surface area contributed by atoms with Crippen LogP contribution in [-0.2, 0) is 0 Å². The van der Waals surface area contributed by atoms with Gasteiger partial charge < -0.3 is 10.0 Å². The predicted molar refractivity (Wildman–Crippen MR) is 67.4 cm³/mol. The van der Waals surface area contributed by atoms with E-state index in [1.165, 1.54) is 58.2 Å². The van der Waals surface area contributed by atoms with Gasteiger partial charge in [0.1, 0.15) is 0 Å². The van der Waals surface area contributed by atoms with Crippen LogP contribution in [0.15, 0.2) is 0 Å². The van der Waals surface area contributed by atoms with Crippen LogP contribution >= 0.6 is 0 Å². The van der Waals surface area contributed by atoms with E-state index in [4.69, 9.17) is 0 Å². The van der Waals surface area contributed by atoms with Crippen molar-refractivity contribution in [1.29, 1.82) is 0 Å². The Balaban J connectivity index is 1.56. The third-order valence-electron chi connectivity index (χ3n) is 3.77. The Bertz CT molecular complexity index is 183. The summed E-state index contributed by atoms with van der Waals surface area (Å²) in [5, 5.41) is 9.21. The maximum Gasteiger partial charge on any atom is 0.0512 e. The van der Waals surface area contributed by atoms with Gasteiger partial charge in [-0.25, -0.2) is 0 Å². The van der Waals surface area contributed by atoms with E-state index in [2.05, 4.69) is 4.90 Å². The summed E-state index contributed by atoms with van der Waals surface area (Å²) >= 11 is 0. The van der Waals surface area contributed by atoms with Gasteiger partial charge in [-0.3, -0.25) is 0 Å². The van der Waals surface area contributed by atoms with Gasteiger partial charge in [0.25, 0.3) is 0 Å². The van der Waals surface area contributed by atoms with Crippen molar-refractivity contribution < 1.29 is 5.11 Å². The minimum atomic E-state index is -0.111. The minimum absolute atomic E-state index is 0.111. The smallest absolute Gasteiger partial charge is 0.0512 e. The molecule has 1 unspecified atom stereocenters. The zero-order chi connectivity index (χ0) is 11.4. The second-order valence-electron chi connectivity index (χ2n) is 5.99. The van der Waals surface area contributed by atoms with Gasteiger partial charge in [-0.05, 0) is 70.3 Å². The molecule has 1 atom stereocenters. The lowest BCUT2D eigenvalue weighted by Gasteiger charge is -2.22. The molecule has 16 heavy (non-hydrogen) atoms. The summed E-state index contributed by atoms with van der Waals surface area (Å²) < 4.78 is 0. The molecule has 0 saturated heterocycles. The van der Waals surface area contributed by atoms with Crippen LogP contribution in [0.25, 0.3) is 0 Å². The van der Waals surface area contributed by atoms with Gasteiger partial charge in [-0.15, -0.1) is 0 Å². The molecule has 2 nitrogen and oxygen atoms in total. The number of aliphatic hydroxyl groups excluding tert-OH is 1. The molecular formula is C14H27NO. The average molecular weight is 225 g/mol. The first-order chi connectivity index (χ1) is 7.74. The summed E-state index contributed by atoms with van der Waals surface area (Å²) in [5.74, 6) is 2.05. The fourth-order valence-corrected chi connectivity index (χ4v) is 2.36. The minimum Gasteiger partial charge on any atom is -0.393 e. The molecule has 0 aliphatic heterocycles. The molecule has 0 aromatic carbocycles. The fourth-order valence-electron chi connectivity index (χ4n) is 2.36. The van der Waals surface area contributed by atoms with Crippen molar-refractivity contribution in [2.24, 2.45) is 11.8 Å². The lowest BCUT2D eigenvalue weighted by molar-refractivity contribution is 0.175. The SMILES string of the molecule is CC(O)CCCCN(CC1CC1)CC1CC1. The third-order valence-corrected chi connectivity index (χ3v) is 3.77. The molecule has 2 heteroatoms. The molecule has 2 aliphatic rings. The molecule has 2 rings (SSSR count). The molecule has 2 aliphatic carbocycles. The number of hydrogen-bond donors (Lipinski definition) is 1. The van der Waals surface area contributed by atoms with Crippen LogP contribution in [0.3, 0.4) is 0 Å². The zero-order valence-corrected chi connectivity index (χ0v) is 10.7. The summed E-state index contributed by atoms with van der Waals surface area (Å²) in [4.78, 5) is 2.69. The zero-order valence-electron chi connectivity index (χ0n) is 10.7. The number of rotatable bonds is 9.